The van der Waals surface area contributed by atoms with Crippen LogP contribution in [0.1, 0.15) is 131 Å². The summed E-state index contributed by atoms with van der Waals surface area (Å²) >= 11 is 6.10. The summed E-state index contributed by atoms with van der Waals surface area (Å²) in [5.41, 5.74) is 13.5. The lowest BCUT2D eigenvalue weighted by Crippen LogP contribution is -2.30. The third-order valence-electron chi connectivity index (χ3n) is 19.4. The summed E-state index contributed by atoms with van der Waals surface area (Å²) in [7, 11) is 3.20. The van der Waals surface area contributed by atoms with Crippen molar-refractivity contribution >= 4 is 80.2 Å². The van der Waals surface area contributed by atoms with E-state index in [0.717, 1.165) is 107 Å². The van der Waals surface area contributed by atoms with Crippen molar-refractivity contribution in [2.75, 3.05) is 14.2 Å². The van der Waals surface area contributed by atoms with E-state index in [-0.39, 0.29) is 77.9 Å². The lowest BCUT2D eigenvalue weighted by molar-refractivity contribution is 0.103. The van der Waals surface area contributed by atoms with E-state index in [1.54, 1.807) is 49.0 Å². The van der Waals surface area contributed by atoms with Gasteiger partial charge in [-0.15, -0.1) is 45.3 Å². The van der Waals surface area contributed by atoms with Crippen LogP contribution >= 0.6 is 45.3 Å². The van der Waals surface area contributed by atoms with E-state index < -0.39 is 22.4 Å². The molecular formula is C84H46N8O4S4. The van der Waals surface area contributed by atoms with Crippen LogP contribution in [0, 0.1) is 118 Å². The minimum Gasteiger partial charge on any atom is -0.495 e. The quantitative estimate of drug-likeness (QED) is 0.0917. The number of Topliss-reactive ketones (excluding diaryl/α,β-unsaturated/α-hetero) is 2. The summed E-state index contributed by atoms with van der Waals surface area (Å²) in [6, 6.07) is 69.6. The zero-order valence-electron chi connectivity index (χ0n) is 54.0. The predicted octanol–water partition coefficient (Wildman–Crippen LogP) is 18.9. The van der Waals surface area contributed by atoms with Crippen molar-refractivity contribution in [3.8, 4) is 100 Å². The van der Waals surface area contributed by atoms with Gasteiger partial charge in [0.1, 0.15) is 71.2 Å². The van der Waals surface area contributed by atoms with Gasteiger partial charge in [0.2, 0.25) is 0 Å². The first-order valence-electron chi connectivity index (χ1n) is 31.3. The van der Waals surface area contributed by atoms with Crippen LogP contribution in [0.4, 0.5) is 0 Å². The van der Waals surface area contributed by atoms with E-state index in [2.05, 4.69) is 149 Å². The second kappa shape index (κ2) is 24.1. The van der Waals surface area contributed by atoms with E-state index >= 15 is 0 Å². The zero-order valence-corrected chi connectivity index (χ0v) is 57.3. The molecule has 0 fully saturated rings. The molecule has 0 radical (unpaired) electrons. The lowest BCUT2D eigenvalue weighted by atomic mass is 9.65. The maximum absolute atomic E-state index is 14.5. The minimum absolute atomic E-state index is 0.00498. The molecule has 7 aromatic carbocycles. The fourth-order valence-electron chi connectivity index (χ4n) is 14.8. The molecule has 11 aromatic rings. The number of rotatable bonds is 10. The third kappa shape index (κ3) is 9.26. The Hall–Kier alpha value is -12.8. The van der Waals surface area contributed by atoms with E-state index in [0.29, 0.717) is 21.3 Å². The van der Waals surface area contributed by atoms with Gasteiger partial charge in [0.05, 0.1) is 57.1 Å². The first-order chi connectivity index (χ1) is 48.5. The Balaban J connectivity index is 0.967. The molecule has 0 saturated heterocycles. The maximum atomic E-state index is 14.5. The normalized spacial score (nSPS) is 14.4. The van der Waals surface area contributed by atoms with Gasteiger partial charge >= 0.3 is 0 Å². The number of nitrogens with zero attached hydrogens (tertiary/aromatic N) is 8. The van der Waals surface area contributed by atoms with Gasteiger partial charge < -0.3 is 9.47 Å². The van der Waals surface area contributed by atoms with Crippen LogP contribution in [0.15, 0.2) is 180 Å². The van der Waals surface area contributed by atoms with Gasteiger partial charge in [-0.3, -0.25) is 9.59 Å². The van der Waals surface area contributed by atoms with Crippen LogP contribution in [-0.4, -0.2) is 25.8 Å². The summed E-state index contributed by atoms with van der Waals surface area (Å²) in [6.45, 7) is 8.33. The molecule has 470 valence electrons. The molecule has 0 unspecified atom stereocenters. The van der Waals surface area contributed by atoms with E-state index in [4.69, 9.17) is 9.47 Å². The average molecular weight is 1360 g/mol. The largest absolute Gasteiger partial charge is 0.495 e. The first-order valence-corrected chi connectivity index (χ1v) is 34.5. The number of fused-ring (bicyclic) bond motifs is 8. The molecule has 4 heterocycles. The number of nitriles is 8. The molecule has 4 aromatic heterocycles. The smallest absolute Gasteiger partial charge is 0.194 e. The van der Waals surface area contributed by atoms with Gasteiger partial charge in [-0.05, 0) is 167 Å². The maximum Gasteiger partial charge on any atom is 0.194 e. The average Bonchev–Trinajstić information content (AvgIpc) is 1.51. The van der Waals surface area contributed by atoms with Crippen LogP contribution in [0.25, 0.3) is 63.7 Å². The van der Waals surface area contributed by atoms with Crippen molar-refractivity contribution in [1.82, 2.24) is 0 Å². The number of ether oxygens (including phenoxy) is 2. The van der Waals surface area contributed by atoms with Crippen LogP contribution in [0.3, 0.4) is 0 Å². The molecule has 0 atom stereocenters. The number of methoxy groups -OCH3 is 2. The monoisotopic (exact) mass is 1360 g/mol. The fourth-order valence-corrected chi connectivity index (χ4v) is 19.6. The summed E-state index contributed by atoms with van der Waals surface area (Å²) in [4.78, 5) is 35.7. The minimum atomic E-state index is -0.922. The highest BCUT2D eigenvalue weighted by Crippen LogP contribution is 2.67. The predicted molar refractivity (Wildman–Crippen MR) is 388 cm³/mol. The topological polar surface area (TPSA) is 243 Å². The Morgan fingerprint density at radius 3 is 0.940 bits per heavy atom. The molecule has 0 aliphatic heterocycles. The number of carbonyl (C=O) groups excluding carboxylic acids is 2. The van der Waals surface area contributed by atoms with Crippen molar-refractivity contribution < 1.29 is 19.1 Å². The van der Waals surface area contributed by atoms with Gasteiger partial charge in [-0.2, -0.15) is 42.1 Å². The molecule has 0 amide bonds. The van der Waals surface area contributed by atoms with Gasteiger partial charge in [-0.1, -0.05) is 119 Å². The number of thiophene rings is 4. The Kier molecular flexibility index (Phi) is 15.2. The fraction of sp³-hybridized carbons (Fsp3) is 0.0952. The molecule has 0 spiro atoms. The standard InChI is InChI=1S/C84H46N8O4S4/c1-43-7-15-53(16-8-43)83(54-17-9-44(2)10-18-54)67-31-64-68(32-63(67)79-69(83)33-73(99-79)81-71(95-5)29-57(97-81)27-65-75(51(39-89)40-90)59-23-47(35-85)49(37-87)25-61(59)77(65)93)84(55-19-11-45(3)12-20-55,56-21-13-46(4)14-22-56)70-34-74(100-80(64)70)82-72(96-6)30-58(98-82)28-66-76(52(41-91)42-92)60-24-48(36-86)50(38-88)26-62(60)78(66)94/h7-34H,1-6H3/b65-27-,66-28-. The molecule has 0 saturated carbocycles. The van der Waals surface area contributed by atoms with Crippen molar-refractivity contribution in [2.24, 2.45) is 0 Å². The third-order valence-corrected chi connectivity index (χ3v) is 24.2. The molecule has 15 rings (SSSR count). The lowest BCUT2D eigenvalue weighted by Gasteiger charge is -2.35. The zero-order chi connectivity index (χ0) is 69.8. The number of hydrogen-bond donors (Lipinski definition) is 0. The molecule has 100 heavy (non-hydrogen) atoms. The van der Waals surface area contributed by atoms with Crippen LogP contribution in [0.5, 0.6) is 11.5 Å². The second-order valence-electron chi connectivity index (χ2n) is 24.8. The summed E-state index contributed by atoms with van der Waals surface area (Å²) < 4.78 is 12.5. The van der Waals surface area contributed by atoms with Gasteiger partial charge in [-0.25, -0.2) is 0 Å². The molecule has 16 heteroatoms. The molecular weight excluding hydrogens is 1310 g/mol. The Bertz CT molecular complexity index is 5550. The highest BCUT2D eigenvalue weighted by molar-refractivity contribution is 7.25. The number of allylic oxidation sites excluding steroid dienone is 6. The Morgan fingerprint density at radius 2 is 0.660 bits per heavy atom. The molecule has 0 bridgehead atoms. The SMILES string of the molecule is COc1cc(/C=C2\C(=O)c3cc(C#N)c(C#N)cc3C2=C(C#N)C#N)sc1-c1cc2c(s1)-c1cc3c(cc1C2(c1ccc(C)cc1)c1ccc(C)cc1)-c1sc(-c2sc(/C=C4\C(=O)c5cc(C#N)c(C#N)cc5C4=C(C#N)C#N)cc2OC)cc1C3(c1ccc(C)cc1)c1ccc(C)cc1. The van der Waals surface area contributed by atoms with Crippen LogP contribution in [0.2, 0.25) is 0 Å². The molecule has 4 aliphatic rings. The number of ketones is 2. The van der Waals surface area contributed by atoms with Crippen LogP contribution < -0.4 is 9.47 Å². The summed E-state index contributed by atoms with van der Waals surface area (Å²) in [6.07, 6.45) is 3.31. The van der Waals surface area contributed by atoms with Crippen molar-refractivity contribution in [3.05, 3.63) is 301 Å². The molecule has 12 nitrogen and oxygen atoms in total. The molecule has 4 aliphatic carbocycles. The van der Waals surface area contributed by atoms with E-state index in [9.17, 15) is 51.7 Å². The second-order valence-corrected chi connectivity index (χ2v) is 29.0. The van der Waals surface area contributed by atoms with E-state index in [1.807, 2.05) is 60.7 Å². The Morgan fingerprint density at radius 1 is 0.360 bits per heavy atom. The van der Waals surface area contributed by atoms with E-state index in [1.165, 1.54) is 46.9 Å². The van der Waals surface area contributed by atoms with Crippen LogP contribution in [-0.2, 0) is 10.8 Å². The van der Waals surface area contributed by atoms with Crippen molar-refractivity contribution in [3.63, 3.8) is 0 Å². The highest BCUT2D eigenvalue weighted by atomic mass is 32.1. The summed E-state index contributed by atoms with van der Waals surface area (Å²) in [5.74, 6) is 0.0970. The van der Waals surface area contributed by atoms with Gasteiger partial charge in [0.15, 0.2) is 11.6 Å². The first kappa shape index (κ1) is 63.2. The van der Waals surface area contributed by atoms with Crippen molar-refractivity contribution in [2.45, 2.75) is 38.5 Å². The van der Waals surface area contributed by atoms with Gasteiger partial charge in [0, 0.05) is 62.7 Å². The highest BCUT2D eigenvalue weighted by Gasteiger charge is 2.53. The van der Waals surface area contributed by atoms with Crippen molar-refractivity contribution in [1.29, 1.82) is 42.1 Å². The number of benzene rings is 7. The number of hydrogen-bond acceptors (Lipinski definition) is 16. The van der Waals surface area contributed by atoms with Gasteiger partial charge in [0.25, 0.3) is 0 Å². The number of aryl methyl sites for hydroxylation is 4. The Labute approximate surface area is 591 Å². The summed E-state index contributed by atoms with van der Waals surface area (Å²) in [5, 5.41) is 81.1. The molecule has 0 N–H and O–H groups in total. The number of carbonyl (C=O) groups is 2.